The lowest BCUT2D eigenvalue weighted by atomic mass is 10.1. The number of rotatable bonds is 5. The third kappa shape index (κ3) is 3.30. The second kappa shape index (κ2) is 6.12. The van der Waals surface area contributed by atoms with E-state index in [1.54, 1.807) is 18.2 Å². The zero-order valence-corrected chi connectivity index (χ0v) is 10.5. The SMILES string of the molecule is O=[N+]([O-])c1ccc(NCc2cccc(CO)c2)c(F)c1. The molecule has 0 heterocycles. The lowest BCUT2D eigenvalue weighted by molar-refractivity contribution is -0.385. The minimum atomic E-state index is -0.669. The summed E-state index contributed by atoms with van der Waals surface area (Å²) in [5.41, 5.74) is 1.57. The molecule has 2 aromatic carbocycles. The number of aliphatic hydroxyl groups is 1. The van der Waals surface area contributed by atoms with Gasteiger partial charge in [0.25, 0.3) is 5.69 Å². The van der Waals surface area contributed by atoms with Crippen LogP contribution < -0.4 is 5.32 Å². The smallest absolute Gasteiger partial charge is 0.272 e. The van der Waals surface area contributed by atoms with Crippen LogP contribution in [0.3, 0.4) is 0 Å². The highest BCUT2D eigenvalue weighted by molar-refractivity contribution is 5.50. The molecule has 2 N–H and O–H groups in total. The van der Waals surface area contributed by atoms with Crippen molar-refractivity contribution < 1.29 is 14.4 Å². The zero-order valence-electron chi connectivity index (χ0n) is 10.5. The Morgan fingerprint density at radius 2 is 1.95 bits per heavy atom. The van der Waals surface area contributed by atoms with Crippen LogP contribution in [0.15, 0.2) is 42.5 Å². The lowest BCUT2D eigenvalue weighted by Crippen LogP contribution is -2.02. The highest BCUT2D eigenvalue weighted by atomic mass is 19.1. The zero-order chi connectivity index (χ0) is 14.5. The highest BCUT2D eigenvalue weighted by Gasteiger charge is 2.10. The Balaban J connectivity index is 2.08. The second-order valence-electron chi connectivity index (χ2n) is 4.25. The number of anilines is 1. The van der Waals surface area contributed by atoms with Crippen LogP contribution in [0.4, 0.5) is 15.8 Å². The third-order valence-electron chi connectivity index (χ3n) is 2.82. The maximum atomic E-state index is 13.7. The number of nitrogens with one attached hydrogen (secondary N) is 1. The Morgan fingerprint density at radius 3 is 2.60 bits per heavy atom. The van der Waals surface area contributed by atoms with Crippen molar-refractivity contribution in [1.82, 2.24) is 0 Å². The van der Waals surface area contributed by atoms with Crippen molar-refractivity contribution in [2.75, 3.05) is 5.32 Å². The van der Waals surface area contributed by atoms with Gasteiger partial charge in [0.2, 0.25) is 0 Å². The Bertz CT molecular complexity index is 632. The van der Waals surface area contributed by atoms with Crippen molar-refractivity contribution in [2.24, 2.45) is 0 Å². The van der Waals surface area contributed by atoms with Crippen molar-refractivity contribution in [3.63, 3.8) is 0 Å². The number of halogens is 1. The quantitative estimate of drug-likeness (QED) is 0.650. The summed E-state index contributed by atoms with van der Waals surface area (Å²) in [5, 5.41) is 22.4. The fourth-order valence-electron chi connectivity index (χ4n) is 1.80. The van der Waals surface area contributed by atoms with Crippen molar-refractivity contribution >= 4 is 11.4 Å². The van der Waals surface area contributed by atoms with E-state index in [0.29, 0.717) is 6.54 Å². The van der Waals surface area contributed by atoms with Gasteiger partial charge in [-0.05, 0) is 17.2 Å². The van der Waals surface area contributed by atoms with Crippen LogP contribution in [0.5, 0.6) is 0 Å². The Morgan fingerprint density at radius 1 is 1.20 bits per heavy atom. The molecular weight excluding hydrogens is 263 g/mol. The summed E-state index contributed by atoms with van der Waals surface area (Å²) in [6.07, 6.45) is 0. The fourth-order valence-corrected chi connectivity index (χ4v) is 1.80. The van der Waals surface area contributed by atoms with E-state index in [2.05, 4.69) is 5.32 Å². The van der Waals surface area contributed by atoms with Gasteiger partial charge in [-0.2, -0.15) is 0 Å². The molecule has 5 nitrogen and oxygen atoms in total. The van der Waals surface area contributed by atoms with Gasteiger partial charge in [-0.25, -0.2) is 4.39 Å². The maximum absolute atomic E-state index is 13.7. The average molecular weight is 276 g/mol. The molecule has 0 saturated carbocycles. The highest BCUT2D eigenvalue weighted by Crippen LogP contribution is 2.21. The van der Waals surface area contributed by atoms with Crippen molar-refractivity contribution in [1.29, 1.82) is 0 Å². The van der Waals surface area contributed by atoms with Crippen LogP contribution in [0.1, 0.15) is 11.1 Å². The number of hydrogen-bond donors (Lipinski definition) is 2. The molecule has 0 bridgehead atoms. The maximum Gasteiger partial charge on any atom is 0.272 e. The number of aliphatic hydroxyl groups excluding tert-OH is 1. The summed E-state index contributed by atoms with van der Waals surface area (Å²) in [6.45, 7) is 0.308. The molecule has 2 aromatic rings. The van der Waals surface area contributed by atoms with Crippen LogP contribution in [0.25, 0.3) is 0 Å². The van der Waals surface area contributed by atoms with E-state index in [4.69, 9.17) is 5.11 Å². The first-order chi connectivity index (χ1) is 9.60. The monoisotopic (exact) mass is 276 g/mol. The summed E-state index contributed by atoms with van der Waals surface area (Å²) in [6, 6.07) is 10.7. The second-order valence-corrected chi connectivity index (χ2v) is 4.25. The normalized spacial score (nSPS) is 10.3. The molecule has 0 fully saturated rings. The predicted molar refractivity (Wildman–Crippen MR) is 72.7 cm³/mol. The molecular formula is C14H13FN2O3. The van der Waals surface area contributed by atoms with Gasteiger partial charge in [-0.15, -0.1) is 0 Å². The van der Waals surface area contributed by atoms with E-state index >= 15 is 0 Å². The molecule has 0 aliphatic rings. The van der Waals surface area contributed by atoms with Gasteiger partial charge in [0.1, 0.15) is 0 Å². The van der Waals surface area contributed by atoms with Gasteiger partial charge in [0.05, 0.1) is 23.3 Å². The topological polar surface area (TPSA) is 75.4 Å². The van der Waals surface area contributed by atoms with Crippen LogP contribution >= 0.6 is 0 Å². The number of non-ortho nitro benzene ring substituents is 1. The largest absolute Gasteiger partial charge is 0.392 e. The van der Waals surface area contributed by atoms with Crippen LogP contribution in [0, 0.1) is 15.9 Å². The number of nitrogens with zero attached hydrogens (tertiary/aromatic N) is 1. The predicted octanol–water partition coefficient (Wildman–Crippen LogP) is 2.84. The van der Waals surface area contributed by atoms with E-state index in [9.17, 15) is 14.5 Å². The van der Waals surface area contributed by atoms with Gasteiger partial charge in [-0.3, -0.25) is 10.1 Å². The van der Waals surface area contributed by atoms with Gasteiger partial charge in [0.15, 0.2) is 5.82 Å². The lowest BCUT2D eigenvalue weighted by Gasteiger charge is -2.08. The molecule has 0 unspecified atom stereocenters. The van der Waals surface area contributed by atoms with Gasteiger partial charge < -0.3 is 10.4 Å². The van der Waals surface area contributed by atoms with Crippen LogP contribution in [-0.4, -0.2) is 10.0 Å². The van der Waals surface area contributed by atoms with Crippen LogP contribution in [0.2, 0.25) is 0 Å². The Hall–Kier alpha value is -2.47. The molecule has 0 aromatic heterocycles. The van der Waals surface area contributed by atoms with E-state index in [1.165, 1.54) is 12.1 Å². The van der Waals surface area contributed by atoms with Gasteiger partial charge >= 0.3 is 0 Å². The summed E-state index contributed by atoms with van der Waals surface area (Å²) in [5.74, 6) is -0.669. The van der Waals surface area contributed by atoms with Crippen molar-refractivity contribution in [3.8, 4) is 0 Å². The molecule has 0 amide bonds. The molecule has 0 atom stereocenters. The first-order valence-corrected chi connectivity index (χ1v) is 5.96. The molecule has 104 valence electrons. The molecule has 20 heavy (non-hydrogen) atoms. The molecule has 0 spiro atoms. The molecule has 0 aliphatic heterocycles. The minimum Gasteiger partial charge on any atom is -0.392 e. The molecule has 0 saturated heterocycles. The summed E-state index contributed by atoms with van der Waals surface area (Å²) >= 11 is 0. The van der Waals surface area contributed by atoms with Crippen molar-refractivity contribution in [3.05, 3.63) is 69.5 Å². The summed E-state index contributed by atoms with van der Waals surface area (Å²) in [4.78, 5) is 9.87. The third-order valence-corrected chi connectivity index (χ3v) is 2.82. The molecule has 6 heteroatoms. The van der Waals surface area contributed by atoms with Gasteiger partial charge in [0, 0.05) is 12.6 Å². The first-order valence-electron chi connectivity index (χ1n) is 5.96. The standard InChI is InChI=1S/C14H13FN2O3/c15-13-7-12(17(19)20)4-5-14(13)16-8-10-2-1-3-11(6-10)9-18/h1-7,16,18H,8-9H2. The number of nitro benzene ring substituents is 1. The van der Waals surface area contributed by atoms with E-state index in [-0.39, 0.29) is 18.0 Å². The fraction of sp³-hybridized carbons (Fsp3) is 0.143. The van der Waals surface area contributed by atoms with E-state index < -0.39 is 10.7 Å². The average Bonchev–Trinajstić information content (AvgIpc) is 2.46. The van der Waals surface area contributed by atoms with Gasteiger partial charge in [-0.1, -0.05) is 24.3 Å². The molecule has 0 aliphatic carbocycles. The molecule has 0 radical (unpaired) electrons. The summed E-state index contributed by atoms with van der Waals surface area (Å²) in [7, 11) is 0. The minimum absolute atomic E-state index is 0.0558. The summed E-state index contributed by atoms with van der Waals surface area (Å²) < 4.78 is 13.7. The number of benzene rings is 2. The van der Waals surface area contributed by atoms with Crippen molar-refractivity contribution in [2.45, 2.75) is 13.2 Å². The number of nitro groups is 1. The van der Waals surface area contributed by atoms with Crippen LogP contribution in [-0.2, 0) is 13.2 Å². The Labute approximate surface area is 114 Å². The molecule has 2 rings (SSSR count). The Kier molecular flexibility index (Phi) is 4.27. The number of hydrogen-bond acceptors (Lipinski definition) is 4. The first kappa shape index (κ1) is 14.0. The van der Waals surface area contributed by atoms with E-state index in [1.807, 2.05) is 6.07 Å². The van der Waals surface area contributed by atoms with E-state index in [0.717, 1.165) is 17.2 Å².